The Balaban J connectivity index is 1.84. The fourth-order valence-corrected chi connectivity index (χ4v) is 6.62. The first-order valence-electron chi connectivity index (χ1n) is 14.8. The largest absolute Gasteiger partial charge is 0.352 e. The minimum absolute atomic E-state index is 0.0811. The third-order valence-corrected chi connectivity index (χ3v) is 9.32. The topological polar surface area (TPSA) is 86.8 Å². The van der Waals surface area contributed by atoms with Crippen molar-refractivity contribution in [3.8, 4) is 0 Å². The predicted octanol–water partition coefficient (Wildman–Crippen LogP) is 5.97. The minimum atomic E-state index is -4.14. The highest BCUT2D eigenvalue weighted by Gasteiger charge is 2.35. The highest BCUT2D eigenvalue weighted by Crippen LogP contribution is 2.29. The maximum absolute atomic E-state index is 14.6. The molecule has 44 heavy (non-hydrogen) atoms. The van der Waals surface area contributed by atoms with E-state index in [0.717, 1.165) is 22.3 Å². The van der Waals surface area contributed by atoms with Crippen molar-refractivity contribution < 1.29 is 18.0 Å². The van der Waals surface area contributed by atoms with E-state index in [0.29, 0.717) is 11.3 Å². The molecule has 7 nitrogen and oxygen atoms in total. The molecule has 1 atom stereocenters. The summed E-state index contributed by atoms with van der Waals surface area (Å²) < 4.78 is 29.5. The van der Waals surface area contributed by atoms with E-state index in [4.69, 9.17) is 0 Å². The van der Waals surface area contributed by atoms with E-state index in [2.05, 4.69) is 5.32 Å². The van der Waals surface area contributed by atoms with Gasteiger partial charge in [0, 0.05) is 19.0 Å². The molecule has 1 unspecified atom stereocenters. The number of benzene rings is 4. The molecule has 0 radical (unpaired) electrons. The smallest absolute Gasteiger partial charge is 0.264 e. The lowest BCUT2D eigenvalue weighted by atomic mass is 10.0. The van der Waals surface area contributed by atoms with Gasteiger partial charge in [-0.2, -0.15) is 0 Å². The average molecular weight is 612 g/mol. The van der Waals surface area contributed by atoms with Crippen LogP contribution in [0.15, 0.2) is 108 Å². The Bertz CT molecular complexity index is 1690. The predicted molar refractivity (Wildman–Crippen MR) is 176 cm³/mol. The highest BCUT2D eigenvalue weighted by molar-refractivity contribution is 7.92. The highest BCUT2D eigenvalue weighted by atomic mass is 32.2. The van der Waals surface area contributed by atoms with Gasteiger partial charge < -0.3 is 10.2 Å². The Morgan fingerprint density at radius 3 is 2.02 bits per heavy atom. The number of sulfonamides is 1. The lowest BCUT2D eigenvalue weighted by Gasteiger charge is -2.34. The van der Waals surface area contributed by atoms with Gasteiger partial charge in [0.15, 0.2) is 0 Å². The zero-order valence-corrected chi connectivity index (χ0v) is 26.8. The molecule has 0 aliphatic rings. The van der Waals surface area contributed by atoms with Gasteiger partial charge in [0.1, 0.15) is 12.6 Å². The number of nitrogens with zero attached hydrogens (tertiary/aromatic N) is 2. The van der Waals surface area contributed by atoms with Crippen LogP contribution in [0, 0.1) is 20.8 Å². The van der Waals surface area contributed by atoms with E-state index in [1.165, 1.54) is 21.3 Å². The number of rotatable bonds is 12. The maximum Gasteiger partial charge on any atom is 0.264 e. The molecule has 0 aromatic heterocycles. The molecule has 0 fully saturated rings. The number of hydrogen-bond acceptors (Lipinski definition) is 4. The number of amides is 2. The molecule has 0 saturated heterocycles. The van der Waals surface area contributed by atoms with Gasteiger partial charge >= 0.3 is 0 Å². The van der Waals surface area contributed by atoms with Crippen LogP contribution in [0.3, 0.4) is 0 Å². The Labute approximate surface area is 261 Å². The van der Waals surface area contributed by atoms with E-state index >= 15 is 0 Å². The number of anilines is 1. The second-order valence-corrected chi connectivity index (χ2v) is 13.3. The third kappa shape index (κ3) is 7.94. The van der Waals surface area contributed by atoms with Crippen molar-refractivity contribution in [1.29, 1.82) is 0 Å². The van der Waals surface area contributed by atoms with Crippen LogP contribution >= 0.6 is 0 Å². The van der Waals surface area contributed by atoms with E-state index in [-0.39, 0.29) is 29.8 Å². The summed E-state index contributed by atoms with van der Waals surface area (Å²) in [6.07, 6.45) is 0.270. The summed E-state index contributed by atoms with van der Waals surface area (Å²) in [6, 6.07) is 29.9. The molecule has 0 aliphatic carbocycles. The second-order valence-electron chi connectivity index (χ2n) is 11.4. The van der Waals surface area contributed by atoms with Crippen molar-refractivity contribution >= 4 is 27.5 Å². The standard InChI is InChI=1S/C36H41N3O4S/c1-26(2)37-36(41)34(23-30-15-8-6-9-16-30)38(24-31-17-13-12-14-28(31)4)35(40)25-39(33-22-27(3)20-21-29(33)5)44(42,43)32-18-10-7-11-19-32/h6-22,26,34H,23-25H2,1-5H3,(H,37,41). The van der Waals surface area contributed by atoms with Crippen molar-refractivity contribution in [3.63, 3.8) is 0 Å². The molecule has 1 N–H and O–H groups in total. The van der Waals surface area contributed by atoms with Crippen LogP contribution in [0.2, 0.25) is 0 Å². The summed E-state index contributed by atoms with van der Waals surface area (Å²) in [4.78, 5) is 30.0. The first-order valence-corrected chi connectivity index (χ1v) is 16.2. The Morgan fingerprint density at radius 2 is 1.39 bits per heavy atom. The average Bonchev–Trinajstić information content (AvgIpc) is 3.00. The first-order chi connectivity index (χ1) is 21.0. The summed E-state index contributed by atoms with van der Waals surface area (Å²) >= 11 is 0. The molecule has 230 valence electrons. The van der Waals surface area contributed by atoms with Gasteiger partial charge in [0.2, 0.25) is 11.8 Å². The first kappa shape index (κ1) is 32.5. The van der Waals surface area contributed by atoms with Gasteiger partial charge in [-0.05, 0) is 80.6 Å². The monoisotopic (exact) mass is 611 g/mol. The van der Waals surface area contributed by atoms with Crippen molar-refractivity contribution in [1.82, 2.24) is 10.2 Å². The number of carbonyl (C=O) groups excluding carboxylic acids is 2. The summed E-state index contributed by atoms with van der Waals surface area (Å²) in [5, 5.41) is 2.99. The fraction of sp³-hybridized carbons (Fsp3) is 0.278. The summed E-state index contributed by atoms with van der Waals surface area (Å²) in [5.74, 6) is -0.775. The second kappa shape index (κ2) is 14.4. The normalized spacial score (nSPS) is 12.0. The SMILES string of the molecule is Cc1ccc(C)c(N(CC(=O)N(Cc2ccccc2C)C(Cc2ccccc2)C(=O)NC(C)C)S(=O)(=O)c2ccccc2)c1. The summed E-state index contributed by atoms with van der Waals surface area (Å²) in [7, 11) is -4.14. The molecule has 2 amide bonds. The van der Waals surface area contributed by atoms with Crippen LogP contribution in [-0.2, 0) is 32.6 Å². The van der Waals surface area contributed by atoms with Crippen LogP contribution in [-0.4, -0.2) is 43.8 Å². The maximum atomic E-state index is 14.6. The van der Waals surface area contributed by atoms with Gasteiger partial charge in [0.25, 0.3) is 10.0 Å². The zero-order chi connectivity index (χ0) is 31.9. The third-order valence-electron chi connectivity index (χ3n) is 7.55. The fourth-order valence-electron chi connectivity index (χ4n) is 5.13. The van der Waals surface area contributed by atoms with Crippen LogP contribution in [0.4, 0.5) is 5.69 Å². The van der Waals surface area contributed by atoms with E-state index in [1.54, 1.807) is 24.3 Å². The molecular weight excluding hydrogens is 570 g/mol. The van der Waals surface area contributed by atoms with E-state index < -0.39 is 28.5 Å². The van der Waals surface area contributed by atoms with Crippen molar-refractivity contribution in [2.24, 2.45) is 0 Å². The number of hydrogen-bond donors (Lipinski definition) is 1. The Hall–Kier alpha value is -4.43. The molecule has 8 heteroatoms. The molecule has 4 aromatic carbocycles. The van der Waals surface area contributed by atoms with Crippen molar-refractivity contribution in [2.75, 3.05) is 10.8 Å². The minimum Gasteiger partial charge on any atom is -0.352 e. The van der Waals surface area contributed by atoms with Crippen LogP contribution in [0.1, 0.15) is 41.7 Å². The Kier molecular flexibility index (Phi) is 10.6. The number of carbonyl (C=O) groups is 2. The van der Waals surface area contributed by atoms with E-state index in [1.807, 2.05) is 101 Å². The molecule has 0 bridgehead atoms. The van der Waals surface area contributed by atoms with Crippen molar-refractivity contribution in [2.45, 2.75) is 64.6 Å². The zero-order valence-electron chi connectivity index (χ0n) is 26.0. The van der Waals surface area contributed by atoms with Crippen LogP contribution in [0.25, 0.3) is 0 Å². The lowest BCUT2D eigenvalue weighted by molar-refractivity contribution is -0.140. The summed E-state index contributed by atoms with van der Waals surface area (Å²) in [5.41, 5.74) is 4.73. The van der Waals surface area contributed by atoms with Gasteiger partial charge in [-0.25, -0.2) is 8.42 Å². The molecule has 0 aliphatic heterocycles. The molecular formula is C36H41N3O4S. The molecule has 4 aromatic rings. The molecule has 0 spiro atoms. The van der Waals surface area contributed by atoms with Crippen molar-refractivity contribution in [3.05, 3.63) is 131 Å². The van der Waals surface area contributed by atoms with Gasteiger partial charge in [0.05, 0.1) is 10.6 Å². The van der Waals surface area contributed by atoms with Gasteiger partial charge in [-0.3, -0.25) is 13.9 Å². The summed E-state index contributed by atoms with van der Waals surface area (Å²) in [6.45, 7) is 9.08. The lowest BCUT2D eigenvalue weighted by Crippen LogP contribution is -2.54. The van der Waals surface area contributed by atoms with Gasteiger partial charge in [-0.1, -0.05) is 84.9 Å². The van der Waals surface area contributed by atoms with Crippen LogP contribution < -0.4 is 9.62 Å². The van der Waals surface area contributed by atoms with Gasteiger partial charge in [-0.15, -0.1) is 0 Å². The van der Waals surface area contributed by atoms with E-state index in [9.17, 15) is 18.0 Å². The Morgan fingerprint density at radius 1 is 0.773 bits per heavy atom. The number of aryl methyl sites for hydroxylation is 3. The molecule has 0 saturated carbocycles. The number of nitrogens with one attached hydrogen (secondary N) is 1. The van der Waals surface area contributed by atoms with Crippen LogP contribution in [0.5, 0.6) is 0 Å². The quantitative estimate of drug-likeness (QED) is 0.214. The molecule has 4 rings (SSSR count). The molecule has 0 heterocycles.